The van der Waals surface area contributed by atoms with Crippen molar-refractivity contribution in [3.63, 3.8) is 0 Å². The summed E-state index contributed by atoms with van der Waals surface area (Å²) in [4.78, 5) is 14.6. The molecule has 2 aromatic carbocycles. The second-order valence-electron chi connectivity index (χ2n) is 6.52. The molecule has 0 unspecified atom stereocenters. The predicted molar refractivity (Wildman–Crippen MR) is 110 cm³/mol. The Kier molecular flexibility index (Phi) is 6.73. The van der Waals surface area contributed by atoms with Gasteiger partial charge in [-0.3, -0.25) is 9.69 Å². The minimum Gasteiger partial charge on any atom is -0.323 e. The third kappa shape index (κ3) is 5.60. The van der Waals surface area contributed by atoms with Crippen LogP contribution in [-0.2, 0) is 11.3 Å². The number of anilines is 1. The number of hydrogen-bond acceptors (Lipinski definition) is 2. The fourth-order valence-corrected chi connectivity index (χ4v) is 3.53. The van der Waals surface area contributed by atoms with Gasteiger partial charge >= 0.3 is 0 Å². The standard InChI is InChI=1S/C21H22Cl2N2O/c22-18-8-6-17(20(23)14-18)7-11-21(26)24-19-9-4-16(5-10-19)15-25-12-2-1-3-13-25/h4-11,14H,1-3,12-13,15H2,(H,24,26). The maximum absolute atomic E-state index is 12.1. The SMILES string of the molecule is O=C(C=Cc1ccc(Cl)cc1Cl)Nc1ccc(CN2CCCCC2)cc1. The Bertz CT molecular complexity index is 781. The van der Waals surface area contributed by atoms with Crippen LogP contribution in [0.5, 0.6) is 0 Å². The van der Waals surface area contributed by atoms with E-state index in [1.54, 1.807) is 24.3 Å². The Balaban J connectivity index is 1.54. The highest BCUT2D eigenvalue weighted by molar-refractivity contribution is 6.35. The van der Waals surface area contributed by atoms with Gasteiger partial charge in [0.05, 0.1) is 0 Å². The van der Waals surface area contributed by atoms with Gasteiger partial charge in [0.1, 0.15) is 0 Å². The number of benzene rings is 2. The zero-order valence-corrected chi connectivity index (χ0v) is 16.1. The van der Waals surface area contributed by atoms with Gasteiger partial charge in [0.2, 0.25) is 5.91 Å². The van der Waals surface area contributed by atoms with E-state index in [0.29, 0.717) is 10.0 Å². The number of amides is 1. The molecule has 5 heteroatoms. The zero-order chi connectivity index (χ0) is 18.4. The molecule has 1 aliphatic rings. The first-order chi connectivity index (χ1) is 12.6. The lowest BCUT2D eigenvalue weighted by Crippen LogP contribution is -2.29. The van der Waals surface area contributed by atoms with E-state index in [-0.39, 0.29) is 5.91 Å². The highest BCUT2D eigenvalue weighted by atomic mass is 35.5. The fraction of sp³-hybridized carbons (Fsp3) is 0.286. The van der Waals surface area contributed by atoms with E-state index in [1.807, 2.05) is 12.1 Å². The number of rotatable bonds is 5. The van der Waals surface area contributed by atoms with Gasteiger partial charge in [0.15, 0.2) is 0 Å². The Morgan fingerprint density at radius 1 is 1.04 bits per heavy atom. The summed E-state index contributed by atoms with van der Waals surface area (Å²) in [5, 5.41) is 3.95. The van der Waals surface area contributed by atoms with Crippen molar-refractivity contribution >= 4 is 40.9 Å². The van der Waals surface area contributed by atoms with Crippen LogP contribution in [0.2, 0.25) is 10.0 Å². The van der Waals surface area contributed by atoms with Gasteiger partial charge in [0.25, 0.3) is 0 Å². The summed E-state index contributed by atoms with van der Waals surface area (Å²) in [7, 11) is 0. The first kappa shape index (κ1) is 19.0. The molecule has 0 saturated carbocycles. The van der Waals surface area contributed by atoms with Gasteiger partial charge in [-0.25, -0.2) is 0 Å². The fourth-order valence-electron chi connectivity index (χ4n) is 3.06. The monoisotopic (exact) mass is 388 g/mol. The predicted octanol–water partition coefficient (Wildman–Crippen LogP) is 5.63. The number of piperidine rings is 1. The third-order valence-corrected chi connectivity index (χ3v) is 5.02. The molecule has 1 fully saturated rings. The lowest BCUT2D eigenvalue weighted by atomic mass is 10.1. The minimum absolute atomic E-state index is 0.195. The van der Waals surface area contributed by atoms with Crippen LogP contribution in [0.1, 0.15) is 30.4 Å². The summed E-state index contributed by atoms with van der Waals surface area (Å²) in [5.74, 6) is -0.195. The van der Waals surface area contributed by atoms with Crippen molar-refractivity contribution < 1.29 is 4.79 Å². The molecule has 0 radical (unpaired) electrons. The van der Waals surface area contributed by atoms with Crippen LogP contribution in [0, 0.1) is 0 Å². The second-order valence-corrected chi connectivity index (χ2v) is 7.37. The summed E-state index contributed by atoms with van der Waals surface area (Å²) in [6, 6.07) is 13.2. The molecule has 1 saturated heterocycles. The van der Waals surface area contributed by atoms with Gasteiger partial charge in [-0.1, -0.05) is 47.8 Å². The molecule has 1 heterocycles. The summed E-state index contributed by atoms with van der Waals surface area (Å²) in [6.45, 7) is 3.33. The van der Waals surface area contributed by atoms with Crippen LogP contribution in [-0.4, -0.2) is 23.9 Å². The summed E-state index contributed by atoms with van der Waals surface area (Å²) in [5.41, 5.74) is 2.81. The first-order valence-electron chi connectivity index (χ1n) is 8.85. The van der Waals surface area contributed by atoms with Crippen molar-refractivity contribution in [3.8, 4) is 0 Å². The summed E-state index contributed by atoms with van der Waals surface area (Å²) < 4.78 is 0. The molecule has 0 aromatic heterocycles. The van der Waals surface area contributed by atoms with Crippen LogP contribution in [0.25, 0.3) is 6.08 Å². The molecule has 1 aliphatic heterocycles. The van der Waals surface area contributed by atoms with E-state index in [2.05, 4.69) is 22.3 Å². The van der Waals surface area contributed by atoms with Crippen LogP contribution in [0.15, 0.2) is 48.5 Å². The first-order valence-corrected chi connectivity index (χ1v) is 9.61. The largest absolute Gasteiger partial charge is 0.323 e. The second kappa shape index (κ2) is 9.22. The lowest BCUT2D eigenvalue weighted by molar-refractivity contribution is -0.111. The number of hydrogen-bond donors (Lipinski definition) is 1. The minimum atomic E-state index is -0.195. The van der Waals surface area contributed by atoms with E-state index in [1.165, 1.54) is 44.0 Å². The average Bonchev–Trinajstić information content (AvgIpc) is 2.63. The maximum atomic E-state index is 12.1. The molecule has 0 atom stereocenters. The number of nitrogens with one attached hydrogen (secondary N) is 1. The van der Waals surface area contributed by atoms with Crippen LogP contribution < -0.4 is 5.32 Å². The highest BCUT2D eigenvalue weighted by Crippen LogP contribution is 2.22. The van der Waals surface area contributed by atoms with Crippen molar-refractivity contribution in [2.75, 3.05) is 18.4 Å². The van der Waals surface area contributed by atoms with E-state index >= 15 is 0 Å². The number of likely N-dealkylation sites (tertiary alicyclic amines) is 1. The molecular weight excluding hydrogens is 367 g/mol. The average molecular weight is 389 g/mol. The van der Waals surface area contributed by atoms with E-state index in [0.717, 1.165) is 17.8 Å². The quantitative estimate of drug-likeness (QED) is 0.672. The molecule has 1 N–H and O–H groups in total. The van der Waals surface area contributed by atoms with Crippen LogP contribution >= 0.6 is 23.2 Å². The van der Waals surface area contributed by atoms with Crippen LogP contribution in [0.3, 0.4) is 0 Å². The van der Waals surface area contributed by atoms with Gasteiger partial charge in [-0.05, 0) is 67.4 Å². The van der Waals surface area contributed by atoms with Crippen molar-refractivity contribution in [3.05, 3.63) is 69.7 Å². The molecule has 2 aromatic rings. The highest BCUT2D eigenvalue weighted by Gasteiger charge is 2.10. The number of carbonyl (C=O) groups is 1. The smallest absolute Gasteiger partial charge is 0.248 e. The summed E-state index contributed by atoms with van der Waals surface area (Å²) in [6.07, 6.45) is 7.07. The maximum Gasteiger partial charge on any atom is 0.248 e. The summed E-state index contributed by atoms with van der Waals surface area (Å²) >= 11 is 12.0. The van der Waals surface area contributed by atoms with E-state index in [4.69, 9.17) is 23.2 Å². The van der Waals surface area contributed by atoms with Gasteiger partial charge in [0, 0.05) is 28.4 Å². The molecule has 0 spiro atoms. The Hall–Kier alpha value is -1.81. The number of carbonyl (C=O) groups excluding carboxylic acids is 1. The molecular formula is C21H22Cl2N2O. The molecule has 1 amide bonds. The molecule has 3 nitrogen and oxygen atoms in total. The lowest BCUT2D eigenvalue weighted by Gasteiger charge is -2.26. The van der Waals surface area contributed by atoms with Gasteiger partial charge in [-0.2, -0.15) is 0 Å². The van der Waals surface area contributed by atoms with E-state index in [9.17, 15) is 4.79 Å². The zero-order valence-electron chi connectivity index (χ0n) is 14.6. The Morgan fingerprint density at radius 2 is 1.77 bits per heavy atom. The number of nitrogens with zero attached hydrogens (tertiary/aromatic N) is 1. The Labute approximate surface area is 164 Å². The third-order valence-electron chi connectivity index (χ3n) is 4.45. The van der Waals surface area contributed by atoms with E-state index < -0.39 is 0 Å². The van der Waals surface area contributed by atoms with Crippen molar-refractivity contribution in [1.29, 1.82) is 0 Å². The Morgan fingerprint density at radius 3 is 2.46 bits per heavy atom. The topological polar surface area (TPSA) is 32.3 Å². The van der Waals surface area contributed by atoms with Gasteiger partial charge in [-0.15, -0.1) is 0 Å². The molecule has 136 valence electrons. The van der Waals surface area contributed by atoms with Gasteiger partial charge < -0.3 is 5.32 Å². The van der Waals surface area contributed by atoms with Crippen molar-refractivity contribution in [2.24, 2.45) is 0 Å². The molecule has 3 rings (SSSR count). The van der Waals surface area contributed by atoms with Crippen molar-refractivity contribution in [1.82, 2.24) is 4.90 Å². The molecule has 0 bridgehead atoms. The molecule has 26 heavy (non-hydrogen) atoms. The normalized spacial score (nSPS) is 15.3. The number of halogens is 2. The molecule has 0 aliphatic carbocycles. The van der Waals surface area contributed by atoms with Crippen LogP contribution in [0.4, 0.5) is 5.69 Å². The van der Waals surface area contributed by atoms with Crippen molar-refractivity contribution in [2.45, 2.75) is 25.8 Å².